The molecule has 0 aliphatic heterocycles. The van der Waals surface area contributed by atoms with Crippen LogP contribution in [0.1, 0.15) is 0 Å². The van der Waals surface area contributed by atoms with Crippen LogP contribution in [-0.2, 0) is 0 Å². The van der Waals surface area contributed by atoms with Crippen LogP contribution in [0, 0.1) is 5.82 Å². The molecule has 0 aliphatic rings. The number of aromatic nitrogens is 4. The highest BCUT2D eigenvalue weighted by Gasteiger charge is 1.93. The Labute approximate surface area is 105 Å². The minimum atomic E-state index is -1.00. The van der Waals surface area contributed by atoms with E-state index in [0.29, 0.717) is 10.7 Å². The van der Waals surface area contributed by atoms with Crippen molar-refractivity contribution < 1.29 is 4.39 Å². The summed E-state index contributed by atoms with van der Waals surface area (Å²) in [6.07, 6.45) is 2.00. The van der Waals surface area contributed by atoms with Crippen molar-refractivity contribution in [3.63, 3.8) is 0 Å². The molecular weight excluding hydrogens is 315 g/mol. The lowest BCUT2D eigenvalue weighted by Gasteiger charge is -1.82. The fraction of sp³-hybridized carbons (Fsp3) is 0. The molecular formula is C8H6BrFN4O4. The van der Waals surface area contributed by atoms with Crippen LogP contribution in [0.3, 0.4) is 0 Å². The first kappa shape index (κ1) is 13.8. The van der Waals surface area contributed by atoms with Gasteiger partial charge in [0, 0.05) is 12.4 Å². The lowest BCUT2D eigenvalue weighted by Crippen LogP contribution is -2.23. The van der Waals surface area contributed by atoms with Crippen LogP contribution < -0.4 is 22.5 Å². The Bertz CT molecular complexity index is 693. The normalized spacial score (nSPS) is 9.44. The predicted molar refractivity (Wildman–Crippen MR) is 63.0 cm³/mol. The third kappa shape index (κ3) is 3.97. The zero-order chi connectivity index (χ0) is 13.7. The Morgan fingerprint density at radius 1 is 0.889 bits per heavy atom. The molecule has 96 valence electrons. The van der Waals surface area contributed by atoms with E-state index in [1.807, 2.05) is 9.97 Å². The topological polar surface area (TPSA) is 131 Å². The number of halogens is 2. The van der Waals surface area contributed by atoms with E-state index in [1.165, 1.54) is 6.20 Å². The van der Waals surface area contributed by atoms with Crippen LogP contribution in [0.25, 0.3) is 0 Å². The maximum atomic E-state index is 12.0. The molecule has 0 spiro atoms. The second-order valence-electron chi connectivity index (χ2n) is 2.84. The number of rotatable bonds is 0. The van der Waals surface area contributed by atoms with Crippen LogP contribution >= 0.6 is 15.9 Å². The third-order valence-corrected chi connectivity index (χ3v) is 2.14. The number of nitrogens with one attached hydrogen (secondary N) is 4. The molecule has 8 nitrogen and oxygen atoms in total. The van der Waals surface area contributed by atoms with Crippen molar-refractivity contribution in [2.24, 2.45) is 0 Å². The molecule has 2 aromatic heterocycles. The Balaban J connectivity index is 0.000000180. The van der Waals surface area contributed by atoms with E-state index in [1.54, 1.807) is 4.98 Å². The van der Waals surface area contributed by atoms with Gasteiger partial charge in [0.25, 0.3) is 11.1 Å². The molecule has 0 saturated heterocycles. The van der Waals surface area contributed by atoms with E-state index >= 15 is 0 Å². The van der Waals surface area contributed by atoms with Gasteiger partial charge in [0.05, 0.1) is 4.47 Å². The Kier molecular flexibility index (Phi) is 4.54. The lowest BCUT2D eigenvalue weighted by molar-refractivity contribution is 0.597. The molecule has 18 heavy (non-hydrogen) atoms. The molecule has 0 saturated carbocycles. The summed E-state index contributed by atoms with van der Waals surface area (Å²) < 4.78 is 12.3. The lowest BCUT2D eigenvalue weighted by atomic mass is 10.6. The molecule has 2 aromatic rings. The standard InChI is InChI=1S/C4H3BrN2O2.C4H3FN2O2/c2*5-2-1-6-4(9)7-3(2)8/h2*1H,(H2,6,7,8,9). The van der Waals surface area contributed by atoms with Gasteiger partial charge in [-0.3, -0.25) is 19.6 Å². The number of hydrogen-bond donors (Lipinski definition) is 4. The molecule has 0 atom stereocenters. The van der Waals surface area contributed by atoms with Crippen molar-refractivity contribution in [3.05, 3.63) is 64.4 Å². The SMILES string of the molecule is O=c1[nH]cc(Br)c(=O)[nH]1.O=c1[nH]cc(F)c(=O)[nH]1. The van der Waals surface area contributed by atoms with Gasteiger partial charge in [-0.15, -0.1) is 0 Å². The zero-order valence-electron chi connectivity index (χ0n) is 8.54. The van der Waals surface area contributed by atoms with Gasteiger partial charge in [0.1, 0.15) is 0 Å². The number of H-pyrrole nitrogens is 4. The van der Waals surface area contributed by atoms with Gasteiger partial charge in [-0.05, 0) is 15.9 Å². The number of hydrogen-bond acceptors (Lipinski definition) is 4. The van der Waals surface area contributed by atoms with Crippen LogP contribution in [-0.4, -0.2) is 19.9 Å². The highest BCUT2D eigenvalue weighted by atomic mass is 79.9. The van der Waals surface area contributed by atoms with Gasteiger partial charge in [-0.1, -0.05) is 0 Å². The Hall–Kier alpha value is -2.23. The van der Waals surface area contributed by atoms with Crippen molar-refractivity contribution in [1.29, 1.82) is 0 Å². The first-order valence-corrected chi connectivity index (χ1v) is 5.14. The highest BCUT2D eigenvalue weighted by molar-refractivity contribution is 9.10. The van der Waals surface area contributed by atoms with Gasteiger partial charge in [0.15, 0.2) is 0 Å². The smallest absolute Gasteiger partial charge is 0.313 e. The second kappa shape index (κ2) is 5.91. The minimum Gasteiger partial charge on any atom is -0.313 e. The largest absolute Gasteiger partial charge is 0.325 e. The van der Waals surface area contributed by atoms with E-state index in [2.05, 4.69) is 20.9 Å². The molecule has 4 N–H and O–H groups in total. The van der Waals surface area contributed by atoms with E-state index in [4.69, 9.17) is 0 Å². The molecule has 0 aromatic carbocycles. The van der Waals surface area contributed by atoms with Crippen molar-refractivity contribution in [1.82, 2.24) is 19.9 Å². The summed E-state index contributed by atoms with van der Waals surface area (Å²) in [4.78, 5) is 49.1. The number of aromatic amines is 4. The molecule has 0 bridgehead atoms. The summed E-state index contributed by atoms with van der Waals surface area (Å²) in [5.41, 5.74) is -2.62. The summed E-state index contributed by atoms with van der Waals surface area (Å²) in [7, 11) is 0. The van der Waals surface area contributed by atoms with Gasteiger partial charge >= 0.3 is 11.4 Å². The van der Waals surface area contributed by atoms with Gasteiger partial charge in [-0.25, -0.2) is 9.59 Å². The molecule has 10 heteroatoms. The van der Waals surface area contributed by atoms with Crippen molar-refractivity contribution in [3.8, 4) is 0 Å². The van der Waals surface area contributed by atoms with Gasteiger partial charge in [-0.2, -0.15) is 4.39 Å². The summed E-state index contributed by atoms with van der Waals surface area (Å²) >= 11 is 2.92. The summed E-state index contributed by atoms with van der Waals surface area (Å²) in [6.45, 7) is 0. The van der Waals surface area contributed by atoms with Crippen LogP contribution in [0.15, 0.2) is 36.0 Å². The summed E-state index contributed by atoms with van der Waals surface area (Å²) in [5.74, 6) is -0.991. The predicted octanol–water partition coefficient (Wildman–Crippen LogP) is -0.972. The van der Waals surface area contributed by atoms with Crippen LogP contribution in [0.4, 0.5) is 4.39 Å². The van der Waals surface area contributed by atoms with Crippen molar-refractivity contribution in [2.75, 3.05) is 0 Å². The van der Waals surface area contributed by atoms with Crippen LogP contribution in [0.2, 0.25) is 0 Å². The highest BCUT2D eigenvalue weighted by Crippen LogP contribution is 1.93. The zero-order valence-corrected chi connectivity index (χ0v) is 10.1. The van der Waals surface area contributed by atoms with E-state index < -0.39 is 28.3 Å². The maximum Gasteiger partial charge on any atom is 0.325 e. The van der Waals surface area contributed by atoms with E-state index in [-0.39, 0.29) is 0 Å². The molecule has 2 heterocycles. The third-order valence-electron chi connectivity index (χ3n) is 1.55. The molecule has 0 radical (unpaired) electrons. The monoisotopic (exact) mass is 320 g/mol. The molecule has 2 rings (SSSR count). The van der Waals surface area contributed by atoms with E-state index in [0.717, 1.165) is 0 Å². The molecule has 0 amide bonds. The minimum absolute atomic E-state index is 0.321. The Morgan fingerprint density at radius 2 is 1.39 bits per heavy atom. The average molecular weight is 321 g/mol. The Morgan fingerprint density at radius 3 is 1.78 bits per heavy atom. The average Bonchev–Trinajstić information content (AvgIpc) is 2.30. The maximum absolute atomic E-state index is 12.0. The fourth-order valence-corrected chi connectivity index (χ4v) is 1.00. The van der Waals surface area contributed by atoms with E-state index in [9.17, 15) is 23.6 Å². The summed E-state index contributed by atoms with van der Waals surface area (Å²) in [6, 6.07) is 0. The second-order valence-corrected chi connectivity index (χ2v) is 3.69. The van der Waals surface area contributed by atoms with Crippen molar-refractivity contribution >= 4 is 15.9 Å². The molecule has 0 fully saturated rings. The fourth-order valence-electron chi connectivity index (χ4n) is 0.787. The van der Waals surface area contributed by atoms with Crippen LogP contribution in [0.5, 0.6) is 0 Å². The molecule has 0 aliphatic carbocycles. The van der Waals surface area contributed by atoms with Crippen molar-refractivity contribution in [2.45, 2.75) is 0 Å². The first-order valence-electron chi connectivity index (χ1n) is 4.35. The van der Waals surface area contributed by atoms with Gasteiger partial charge in [0.2, 0.25) is 5.82 Å². The first-order chi connectivity index (χ1) is 8.40. The molecule has 0 unspecified atom stereocenters. The quantitative estimate of drug-likeness (QED) is 0.497. The van der Waals surface area contributed by atoms with Gasteiger partial charge < -0.3 is 9.97 Å². The summed E-state index contributed by atoms with van der Waals surface area (Å²) in [5, 5.41) is 0.